The highest BCUT2D eigenvalue weighted by Crippen LogP contribution is 2.30. The van der Waals surface area contributed by atoms with E-state index in [9.17, 15) is 13.5 Å². The molecule has 0 fully saturated rings. The number of ether oxygens (including phenoxy) is 1. The van der Waals surface area contributed by atoms with Crippen molar-refractivity contribution in [2.75, 3.05) is 13.1 Å². The lowest BCUT2D eigenvalue weighted by atomic mass is 10.0. The molecule has 0 spiro atoms. The first-order valence-electron chi connectivity index (χ1n) is 11.7. The molecule has 3 N–H and O–H groups in total. The number of hydrogen-bond donors (Lipinski definition) is 3. The number of hydrogen-bond acceptors (Lipinski definition) is 6. The number of rotatable bonds is 8. The van der Waals surface area contributed by atoms with Gasteiger partial charge in [-0.25, -0.2) is 13.1 Å². The fourth-order valence-electron chi connectivity index (χ4n) is 4.73. The highest BCUT2D eigenvalue weighted by Gasteiger charge is 2.28. The van der Waals surface area contributed by atoms with Crippen LogP contribution >= 0.6 is 0 Å². The molecule has 0 bridgehead atoms. The highest BCUT2D eigenvalue weighted by molar-refractivity contribution is 7.89. The molecule has 7 nitrogen and oxygen atoms in total. The van der Waals surface area contributed by atoms with Crippen molar-refractivity contribution in [2.24, 2.45) is 0 Å². The number of aryl methyl sites for hydroxylation is 1. The van der Waals surface area contributed by atoms with Gasteiger partial charge in [-0.05, 0) is 66.6 Å². The van der Waals surface area contributed by atoms with Crippen LogP contribution < -0.4 is 14.8 Å². The van der Waals surface area contributed by atoms with E-state index in [1.807, 2.05) is 18.2 Å². The maximum absolute atomic E-state index is 13.0. The van der Waals surface area contributed by atoms with Gasteiger partial charge in [0, 0.05) is 37.1 Å². The summed E-state index contributed by atoms with van der Waals surface area (Å²) in [5.41, 5.74) is 4.10. The summed E-state index contributed by atoms with van der Waals surface area (Å²) in [5, 5.41) is 13.5. The van der Waals surface area contributed by atoms with Crippen LogP contribution in [0.2, 0.25) is 0 Å². The first kappa shape index (κ1) is 23.0. The Balaban J connectivity index is 1.16. The molecule has 1 aliphatic heterocycles. The van der Waals surface area contributed by atoms with E-state index in [-0.39, 0.29) is 17.0 Å². The number of aliphatic hydroxyl groups excluding tert-OH is 1. The standard InChI is InChI=1S/C26H29N3O4S/c30-25(21-6-3-11-27-15-21)17-28-16-23-8-7-20-14-24(9-10-26(20)33-23)34(31,32)29-22-12-18-4-1-2-5-19(18)13-22/h1-6,9-11,14-15,22-23,25,28-30H,7-8,12-13,16-17H2. The summed E-state index contributed by atoms with van der Waals surface area (Å²) in [5.74, 6) is 0.720. The average Bonchev–Trinajstić information content (AvgIpc) is 3.25. The van der Waals surface area contributed by atoms with Crippen LogP contribution in [-0.4, -0.2) is 43.7 Å². The van der Waals surface area contributed by atoms with Gasteiger partial charge in [0.05, 0.1) is 11.0 Å². The number of sulfonamides is 1. The van der Waals surface area contributed by atoms with Crippen LogP contribution in [0.4, 0.5) is 0 Å². The first-order chi connectivity index (χ1) is 16.5. The predicted molar refractivity (Wildman–Crippen MR) is 129 cm³/mol. The van der Waals surface area contributed by atoms with E-state index in [4.69, 9.17) is 4.74 Å². The molecule has 5 rings (SSSR count). The van der Waals surface area contributed by atoms with Gasteiger partial charge in [-0.1, -0.05) is 30.3 Å². The monoisotopic (exact) mass is 479 g/mol. The molecule has 34 heavy (non-hydrogen) atoms. The number of benzene rings is 2. The molecule has 178 valence electrons. The van der Waals surface area contributed by atoms with Gasteiger partial charge in [0.2, 0.25) is 10.0 Å². The minimum Gasteiger partial charge on any atom is -0.489 e. The molecule has 2 aliphatic rings. The lowest BCUT2D eigenvalue weighted by molar-refractivity contribution is 0.146. The third-order valence-electron chi connectivity index (χ3n) is 6.52. The predicted octanol–water partition coefficient (Wildman–Crippen LogP) is 2.54. The van der Waals surface area contributed by atoms with Gasteiger partial charge < -0.3 is 15.2 Å². The number of fused-ring (bicyclic) bond motifs is 2. The van der Waals surface area contributed by atoms with E-state index in [1.165, 1.54) is 11.1 Å². The summed E-state index contributed by atoms with van der Waals surface area (Å²) in [6.07, 6.45) is 5.62. The van der Waals surface area contributed by atoms with Crippen LogP contribution in [-0.2, 0) is 29.3 Å². The Morgan fingerprint density at radius 1 is 1.06 bits per heavy atom. The lowest BCUT2D eigenvalue weighted by Gasteiger charge is -2.27. The molecule has 3 aromatic rings. The van der Waals surface area contributed by atoms with Crippen molar-refractivity contribution in [3.05, 3.63) is 89.2 Å². The molecule has 8 heteroatoms. The second kappa shape index (κ2) is 9.84. The molecular weight excluding hydrogens is 450 g/mol. The minimum absolute atomic E-state index is 0.0360. The Hall–Kier alpha value is -2.78. The van der Waals surface area contributed by atoms with E-state index < -0.39 is 16.1 Å². The molecule has 0 amide bonds. The van der Waals surface area contributed by atoms with Gasteiger partial charge in [0.1, 0.15) is 11.9 Å². The molecule has 1 aromatic heterocycles. The van der Waals surface area contributed by atoms with Gasteiger partial charge in [0.15, 0.2) is 0 Å². The van der Waals surface area contributed by atoms with Crippen LogP contribution in [0.5, 0.6) is 5.75 Å². The second-order valence-electron chi connectivity index (χ2n) is 9.00. The molecule has 2 unspecified atom stereocenters. The van der Waals surface area contributed by atoms with E-state index in [1.54, 1.807) is 36.7 Å². The van der Waals surface area contributed by atoms with Crippen molar-refractivity contribution in [1.29, 1.82) is 0 Å². The second-order valence-corrected chi connectivity index (χ2v) is 10.7. The summed E-state index contributed by atoms with van der Waals surface area (Å²) >= 11 is 0. The molecule has 0 saturated carbocycles. The summed E-state index contributed by atoms with van der Waals surface area (Å²) in [6, 6.07) is 16.7. The van der Waals surface area contributed by atoms with Crippen LogP contribution in [0.1, 0.15) is 34.8 Å². The molecular formula is C26H29N3O4S. The Morgan fingerprint density at radius 3 is 2.59 bits per heavy atom. The zero-order valence-electron chi connectivity index (χ0n) is 18.9. The summed E-state index contributed by atoms with van der Waals surface area (Å²) in [4.78, 5) is 4.31. The summed E-state index contributed by atoms with van der Waals surface area (Å²) in [6.45, 7) is 1.01. The van der Waals surface area contributed by atoms with Gasteiger partial charge in [-0.15, -0.1) is 0 Å². The van der Waals surface area contributed by atoms with Gasteiger partial charge in [0.25, 0.3) is 0 Å². The smallest absolute Gasteiger partial charge is 0.240 e. The SMILES string of the molecule is O=S(=O)(NC1Cc2ccccc2C1)c1ccc2c(c1)CCC(CNCC(O)c1cccnc1)O2. The highest BCUT2D eigenvalue weighted by atomic mass is 32.2. The number of aromatic nitrogens is 1. The molecule has 2 heterocycles. The topological polar surface area (TPSA) is 101 Å². The first-order valence-corrected chi connectivity index (χ1v) is 13.1. The van der Waals surface area contributed by atoms with Crippen molar-refractivity contribution >= 4 is 10.0 Å². The van der Waals surface area contributed by atoms with E-state index in [0.29, 0.717) is 25.9 Å². The molecule has 2 atom stereocenters. The minimum atomic E-state index is -3.61. The van der Waals surface area contributed by atoms with Crippen molar-refractivity contribution < 1.29 is 18.3 Å². The number of aliphatic hydroxyl groups is 1. The lowest BCUT2D eigenvalue weighted by Crippen LogP contribution is -2.36. The fraction of sp³-hybridized carbons (Fsp3) is 0.346. The van der Waals surface area contributed by atoms with Crippen LogP contribution in [0, 0.1) is 0 Å². The molecule has 0 radical (unpaired) electrons. The fourth-order valence-corrected chi connectivity index (χ4v) is 6.02. The van der Waals surface area contributed by atoms with Crippen molar-refractivity contribution in [1.82, 2.24) is 15.0 Å². The Bertz CT molecular complexity index is 1220. The molecule has 2 aromatic carbocycles. The third-order valence-corrected chi connectivity index (χ3v) is 8.04. The van der Waals surface area contributed by atoms with E-state index in [0.717, 1.165) is 29.7 Å². The quantitative estimate of drug-likeness (QED) is 0.459. The van der Waals surface area contributed by atoms with Gasteiger partial charge >= 0.3 is 0 Å². The zero-order valence-corrected chi connectivity index (χ0v) is 19.7. The number of pyridine rings is 1. The van der Waals surface area contributed by atoms with Gasteiger partial charge in [-0.2, -0.15) is 0 Å². The maximum Gasteiger partial charge on any atom is 0.240 e. The van der Waals surface area contributed by atoms with Crippen molar-refractivity contribution in [3.8, 4) is 5.75 Å². The third kappa shape index (κ3) is 5.15. The molecule has 1 aliphatic carbocycles. The molecule has 0 saturated heterocycles. The van der Waals surface area contributed by atoms with Crippen molar-refractivity contribution in [3.63, 3.8) is 0 Å². The van der Waals surface area contributed by atoms with Crippen LogP contribution in [0.25, 0.3) is 0 Å². The largest absolute Gasteiger partial charge is 0.489 e. The number of nitrogens with zero attached hydrogens (tertiary/aromatic N) is 1. The normalized spacial score (nSPS) is 18.7. The summed E-state index contributed by atoms with van der Waals surface area (Å²) in [7, 11) is -3.61. The van der Waals surface area contributed by atoms with Crippen LogP contribution in [0.3, 0.4) is 0 Å². The maximum atomic E-state index is 13.0. The van der Waals surface area contributed by atoms with Crippen molar-refractivity contribution in [2.45, 2.75) is 48.8 Å². The number of nitrogens with one attached hydrogen (secondary N) is 2. The van der Waals surface area contributed by atoms with E-state index in [2.05, 4.69) is 27.2 Å². The average molecular weight is 480 g/mol. The van der Waals surface area contributed by atoms with Crippen LogP contribution in [0.15, 0.2) is 71.9 Å². The Morgan fingerprint density at radius 2 is 1.85 bits per heavy atom. The summed E-state index contributed by atoms with van der Waals surface area (Å²) < 4.78 is 35.0. The Kier molecular flexibility index (Phi) is 6.65. The Labute approximate surface area is 200 Å². The van der Waals surface area contributed by atoms with E-state index >= 15 is 0 Å². The zero-order chi connectivity index (χ0) is 23.5. The van der Waals surface area contributed by atoms with Gasteiger partial charge in [-0.3, -0.25) is 4.98 Å².